The third kappa shape index (κ3) is 1.82. The van der Waals surface area contributed by atoms with Crippen molar-refractivity contribution in [3.05, 3.63) is 52.7 Å². The van der Waals surface area contributed by atoms with Crippen LogP contribution in [0.5, 0.6) is 0 Å². The maximum atomic E-state index is 11.6. The van der Waals surface area contributed by atoms with Crippen LogP contribution in [0, 0.1) is 0 Å². The average molecular weight is 235 g/mol. The fraction of sp³-hybridized carbons (Fsp3) is 0. The van der Waals surface area contributed by atoms with Gasteiger partial charge in [-0.05, 0) is 12.1 Å². The Bertz CT molecular complexity index is 708. The molecular formula is C11H9NO3S. The third-order valence-electron chi connectivity index (χ3n) is 2.26. The maximum Gasteiger partial charge on any atom is 0.238 e. The van der Waals surface area contributed by atoms with Gasteiger partial charge in [0.1, 0.15) is 0 Å². The normalized spacial score (nSPS) is 11.6. The highest BCUT2D eigenvalue weighted by Gasteiger charge is 2.11. The van der Waals surface area contributed by atoms with Gasteiger partial charge in [-0.1, -0.05) is 30.3 Å². The first-order valence-corrected chi connectivity index (χ1v) is 6.09. The summed E-state index contributed by atoms with van der Waals surface area (Å²) in [4.78, 5) is 11.6. The molecule has 0 unspecified atom stereocenters. The smallest absolute Gasteiger partial charge is 0.238 e. The van der Waals surface area contributed by atoms with Crippen LogP contribution in [0.4, 0.5) is 0 Å². The van der Waals surface area contributed by atoms with E-state index in [-0.39, 0.29) is 10.3 Å². The number of fused-ring (bicyclic) bond motifs is 1. The first-order chi connectivity index (χ1) is 7.50. The largest absolute Gasteiger partial charge is 0.289 e. The van der Waals surface area contributed by atoms with Gasteiger partial charge in [0.15, 0.2) is 5.43 Å². The van der Waals surface area contributed by atoms with Gasteiger partial charge in [-0.3, -0.25) is 4.79 Å². The lowest BCUT2D eigenvalue weighted by atomic mass is 10.2. The van der Waals surface area contributed by atoms with Crippen LogP contribution in [0.3, 0.4) is 0 Å². The van der Waals surface area contributed by atoms with Gasteiger partial charge in [0, 0.05) is 10.8 Å². The molecule has 2 N–H and O–H groups in total. The summed E-state index contributed by atoms with van der Waals surface area (Å²) in [6.45, 7) is 0. The Hall–Kier alpha value is -1.72. The van der Waals surface area contributed by atoms with Crippen LogP contribution in [-0.2, 0) is 10.0 Å². The van der Waals surface area contributed by atoms with E-state index in [2.05, 4.69) is 0 Å². The summed E-state index contributed by atoms with van der Waals surface area (Å²) in [5.74, 6) is 0. The van der Waals surface area contributed by atoms with Crippen molar-refractivity contribution in [3.63, 3.8) is 0 Å². The fourth-order valence-corrected chi connectivity index (χ4v) is 2.32. The van der Waals surface area contributed by atoms with E-state index in [0.29, 0.717) is 10.8 Å². The second kappa shape index (κ2) is 3.70. The first kappa shape index (κ1) is 10.8. The highest BCUT2D eigenvalue weighted by Crippen LogP contribution is 2.17. The zero-order valence-corrected chi connectivity index (χ0v) is 9.07. The molecule has 2 rings (SSSR count). The second-order valence-electron chi connectivity index (χ2n) is 3.34. The minimum absolute atomic E-state index is 0.0369. The fourth-order valence-electron chi connectivity index (χ4n) is 1.56. The van der Waals surface area contributed by atoms with Gasteiger partial charge in [0.2, 0.25) is 10.0 Å². The van der Waals surface area contributed by atoms with Crippen LogP contribution in [0.2, 0.25) is 0 Å². The molecule has 0 radical (unpaired) electrons. The molecule has 0 saturated heterocycles. The van der Waals surface area contributed by atoms with E-state index in [0.717, 1.165) is 0 Å². The second-order valence-corrected chi connectivity index (χ2v) is 4.87. The minimum atomic E-state index is -3.83. The van der Waals surface area contributed by atoms with Crippen molar-refractivity contribution in [3.8, 4) is 0 Å². The lowest BCUT2D eigenvalue weighted by Gasteiger charge is -1.98. The van der Waals surface area contributed by atoms with Gasteiger partial charge < -0.3 is 0 Å². The van der Waals surface area contributed by atoms with Gasteiger partial charge in [0.25, 0.3) is 0 Å². The van der Waals surface area contributed by atoms with Crippen molar-refractivity contribution in [1.29, 1.82) is 0 Å². The Labute approximate surface area is 92.4 Å². The quantitative estimate of drug-likeness (QED) is 0.795. The zero-order valence-electron chi connectivity index (χ0n) is 8.25. The molecule has 0 aromatic heterocycles. The van der Waals surface area contributed by atoms with Crippen LogP contribution in [-0.4, -0.2) is 8.42 Å². The highest BCUT2D eigenvalue weighted by atomic mass is 32.2. The molecule has 0 amide bonds. The third-order valence-corrected chi connectivity index (χ3v) is 3.23. The Morgan fingerprint density at radius 3 is 2.12 bits per heavy atom. The number of nitrogens with two attached hydrogens (primary N) is 1. The van der Waals surface area contributed by atoms with E-state index in [1.807, 2.05) is 0 Å². The van der Waals surface area contributed by atoms with Crippen molar-refractivity contribution in [2.45, 2.75) is 4.90 Å². The predicted molar refractivity (Wildman–Crippen MR) is 61.6 cm³/mol. The average Bonchev–Trinajstić information content (AvgIpc) is 2.38. The topological polar surface area (TPSA) is 77.2 Å². The van der Waals surface area contributed by atoms with E-state index in [4.69, 9.17) is 5.14 Å². The maximum absolute atomic E-state index is 11.6. The van der Waals surface area contributed by atoms with Crippen molar-refractivity contribution < 1.29 is 8.42 Å². The molecule has 0 fully saturated rings. The van der Waals surface area contributed by atoms with Gasteiger partial charge >= 0.3 is 0 Å². The van der Waals surface area contributed by atoms with E-state index in [9.17, 15) is 13.2 Å². The predicted octanol–water partition coefficient (Wildman–Crippen LogP) is 0.847. The standard InChI is InChI=1S/C11H9NO3S/c12-16(14,15)11-7-3-6-10(13)8-4-1-2-5-9(8)11/h1-7H,(H2,12,14,15). The molecule has 0 bridgehead atoms. The van der Waals surface area contributed by atoms with Crippen LogP contribution in [0.1, 0.15) is 0 Å². The van der Waals surface area contributed by atoms with Crippen LogP contribution in [0.15, 0.2) is 52.2 Å². The molecule has 2 aromatic carbocycles. The Morgan fingerprint density at radius 1 is 0.875 bits per heavy atom. The summed E-state index contributed by atoms with van der Waals surface area (Å²) in [6.07, 6.45) is 0. The SMILES string of the molecule is NS(=O)(=O)c1cccc(=O)c2ccccc12. The first-order valence-electron chi connectivity index (χ1n) is 4.55. The molecular weight excluding hydrogens is 226 g/mol. The molecule has 0 spiro atoms. The Morgan fingerprint density at radius 2 is 1.50 bits per heavy atom. The van der Waals surface area contributed by atoms with E-state index >= 15 is 0 Å². The summed E-state index contributed by atoms with van der Waals surface area (Å²) < 4.78 is 22.7. The number of primary sulfonamides is 1. The molecule has 0 saturated carbocycles. The molecule has 82 valence electrons. The van der Waals surface area contributed by atoms with Crippen LogP contribution < -0.4 is 10.6 Å². The van der Waals surface area contributed by atoms with Crippen LogP contribution >= 0.6 is 0 Å². The van der Waals surface area contributed by atoms with E-state index < -0.39 is 10.0 Å². The lowest BCUT2D eigenvalue weighted by molar-refractivity contribution is 0.598. The Balaban J connectivity index is 3.11. The molecule has 5 heteroatoms. The number of benzene rings is 1. The Kier molecular flexibility index (Phi) is 2.49. The van der Waals surface area contributed by atoms with Crippen molar-refractivity contribution >= 4 is 20.8 Å². The lowest BCUT2D eigenvalue weighted by Crippen LogP contribution is -2.12. The monoisotopic (exact) mass is 235 g/mol. The minimum Gasteiger partial charge on any atom is -0.289 e. The molecule has 2 aromatic rings. The van der Waals surface area contributed by atoms with Crippen LogP contribution in [0.25, 0.3) is 10.8 Å². The zero-order chi connectivity index (χ0) is 11.8. The van der Waals surface area contributed by atoms with Crippen molar-refractivity contribution in [1.82, 2.24) is 0 Å². The van der Waals surface area contributed by atoms with Gasteiger partial charge in [-0.2, -0.15) is 0 Å². The summed E-state index contributed by atoms with van der Waals surface area (Å²) in [7, 11) is -3.83. The van der Waals surface area contributed by atoms with Gasteiger partial charge in [-0.15, -0.1) is 0 Å². The van der Waals surface area contributed by atoms with Crippen molar-refractivity contribution in [2.75, 3.05) is 0 Å². The molecule has 4 nitrogen and oxygen atoms in total. The number of hydrogen-bond acceptors (Lipinski definition) is 3. The number of sulfonamides is 1. The summed E-state index contributed by atoms with van der Waals surface area (Å²) >= 11 is 0. The molecule has 0 atom stereocenters. The molecule has 16 heavy (non-hydrogen) atoms. The molecule has 0 aliphatic heterocycles. The summed E-state index contributed by atoms with van der Waals surface area (Å²) in [6, 6.07) is 10.5. The van der Waals surface area contributed by atoms with Gasteiger partial charge in [0.05, 0.1) is 4.90 Å². The molecule has 0 aliphatic carbocycles. The summed E-state index contributed by atoms with van der Waals surface area (Å²) in [5.41, 5.74) is -0.231. The van der Waals surface area contributed by atoms with Crippen molar-refractivity contribution in [2.24, 2.45) is 5.14 Å². The highest BCUT2D eigenvalue weighted by molar-refractivity contribution is 7.89. The van der Waals surface area contributed by atoms with Gasteiger partial charge in [-0.25, -0.2) is 13.6 Å². The molecule has 0 aliphatic rings. The number of hydrogen-bond donors (Lipinski definition) is 1. The molecule has 0 heterocycles. The number of rotatable bonds is 1. The van der Waals surface area contributed by atoms with E-state index in [1.165, 1.54) is 18.2 Å². The van der Waals surface area contributed by atoms with E-state index in [1.54, 1.807) is 24.3 Å². The summed E-state index contributed by atoms with van der Waals surface area (Å²) in [5, 5.41) is 5.79.